The van der Waals surface area contributed by atoms with Gasteiger partial charge in [-0.3, -0.25) is 4.79 Å². The summed E-state index contributed by atoms with van der Waals surface area (Å²) in [5, 5.41) is 0. The number of hydrogen-bond acceptors (Lipinski definition) is 3. The Kier molecular flexibility index (Phi) is 9.82. The monoisotopic (exact) mass is 628 g/mol. The molecular weight excluding hydrogens is 585 g/mol. The molecule has 0 aliphatic rings. The highest BCUT2D eigenvalue weighted by Gasteiger charge is 2.15. The normalized spacial score (nSPS) is 12.7. The Morgan fingerprint density at radius 2 is 0.646 bits per heavy atom. The zero-order valence-corrected chi connectivity index (χ0v) is 28.8. The SMILES string of the molecule is CC(c1ccc(-c2ccccc2-c2ccc(C(=O)c3ccc(-c4ccccc4-c4ccc(C(C)N(C)C)cc4)cc3)cc2)cc1)N(C)C. The van der Waals surface area contributed by atoms with Crippen LogP contribution in [-0.4, -0.2) is 43.8 Å². The summed E-state index contributed by atoms with van der Waals surface area (Å²) in [6, 6.07) is 51.3. The maximum Gasteiger partial charge on any atom is 0.193 e. The molecule has 2 atom stereocenters. The average molecular weight is 629 g/mol. The van der Waals surface area contributed by atoms with Gasteiger partial charge in [-0.15, -0.1) is 0 Å². The van der Waals surface area contributed by atoms with Crippen LogP contribution < -0.4 is 0 Å². The van der Waals surface area contributed by atoms with Crippen LogP contribution in [-0.2, 0) is 0 Å². The first-order valence-corrected chi connectivity index (χ1v) is 16.7. The third-order valence-electron chi connectivity index (χ3n) is 9.73. The van der Waals surface area contributed by atoms with Crippen LogP contribution in [0.2, 0.25) is 0 Å². The van der Waals surface area contributed by atoms with E-state index in [1.165, 1.54) is 33.4 Å². The fourth-order valence-electron chi connectivity index (χ4n) is 6.22. The number of nitrogens with zero attached hydrogens (tertiary/aromatic N) is 2. The number of carbonyl (C=O) groups excluding carboxylic acids is 1. The lowest BCUT2D eigenvalue weighted by molar-refractivity contribution is 0.103. The highest BCUT2D eigenvalue weighted by molar-refractivity contribution is 6.09. The van der Waals surface area contributed by atoms with Gasteiger partial charge in [0.1, 0.15) is 0 Å². The molecule has 2 unspecified atom stereocenters. The summed E-state index contributed by atoms with van der Waals surface area (Å²) in [6.45, 7) is 4.43. The molecule has 0 N–H and O–H groups in total. The topological polar surface area (TPSA) is 23.6 Å². The first-order valence-electron chi connectivity index (χ1n) is 16.7. The van der Waals surface area contributed by atoms with Crippen molar-refractivity contribution < 1.29 is 4.79 Å². The molecule has 3 heteroatoms. The van der Waals surface area contributed by atoms with Crippen LogP contribution in [0, 0.1) is 0 Å². The van der Waals surface area contributed by atoms with Gasteiger partial charge in [0.25, 0.3) is 0 Å². The molecule has 240 valence electrons. The van der Waals surface area contributed by atoms with Crippen molar-refractivity contribution in [3.63, 3.8) is 0 Å². The number of benzene rings is 6. The molecule has 0 radical (unpaired) electrons. The fourth-order valence-corrected chi connectivity index (χ4v) is 6.22. The van der Waals surface area contributed by atoms with Crippen LogP contribution in [0.4, 0.5) is 0 Å². The first-order chi connectivity index (χ1) is 23.2. The largest absolute Gasteiger partial charge is 0.303 e. The van der Waals surface area contributed by atoms with Gasteiger partial charge in [-0.1, -0.05) is 146 Å². The van der Waals surface area contributed by atoms with Crippen LogP contribution in [0.5, 0.6) is 0 Å². The molecule has 48 heavy (non-hydrogen) atoms. The van der Waals surface area contributed by atoms with Crippen molar-refractivity contribution in [2.24, 2.45) is 0 Å². The van der Waals surface area contributed by atoms with Crippen molar-refractivity contribution in [2.45, 2.75) is 25.9 Å². The van der Waals surface area contributed by atoms with E-state index in [1.807, 2.05) is 24.3 Å². The van der Waals surface area contributed by atoms with Gasteiger partial charge in [0.05, 0.1) is 0 Å². The maximum absolute atomic E-state index is 13.6. The van der Waals surface area contributed by atoms with Gasteiger partial charge in [0, 0.05) is 23.2 Å². The van der Waals surface area contributed by atoms with E-state index < -0.39 is 0 Å². The Bertz CT molecular complexity index is 1840. The van der Waals surface area contributed by atoms with Crippen molar-refractivity contribution in [3.8, 4) is 44.5 Å². The highest BCUT2D eigenvalue weighted by atomic mass is 16.1. The van der Waals surface area contributed by atoms with Crippen molar-refractivity contribution >= 4 is 5.78 Å². The minimum atomic E-state index is 0.0193. The molecule has 6 aromatic rings. The minimum absolute atomic E-state index is 0.0193. The second-order valence-corrected chi connectivity index (χ2v) is 13.1. The van der Waals surface area contributed by atoms with Gasteiger partial charge in [-0.25, -0.2) is 0 Å². The first kappa shape index (κ1) is 32.8. The van der Waals surface area contributed by atoms with Crippen LogP contribution in [0.15, 0.2) is 146 Å². The molecule has 6 rings (SSSR count). The minimum Gasteiger partial charge on any atom is -0.303 e. The summed E-state index contributed by atoms with van der Waals surface area (Å²) < 4.78 is 0. The van der Waals surface area contributed by atoms with E-state index in [9.17, 15) is 4.79 Å². The van der Waals surface area contributed by atoms with Crippen LogP contribution in [0.1, 0.15) is 53.0 Å². The van der Waals surface area contributed by atoms with E-state index in [4.69, 9.17) is 0 Å². The van der Waals surface area contributed by atoms with Crippen LogP contribution >= 0.6 is 0 Å². The lowest BCUT2D eigenvalue weighted by atomic mass is 9.91. The predicted octanol–water partition coefficient (Wildman–Crippen LogP) is 10.8. The Labute approximate surface area is 286 Å². The van der Waals surface area contributed by atoms with E-state index >= 15 is 0 Å². The molecule has 0 amide bonds. The Balaban J connectivity index is 1.21. The van der Waals surface area contributed by atoms with E-state index in [0.717, 1.165) is 22.3 Å². The van der Waals surface area contributed by atoms with Gasteiger partial charge in [0.15, 0.2) is 5.78 Å². The second-order valence-electron chi connectivity index (χ2n) is 13.1. The summed E-state index contributed by atoms with van der Waals surface area (Å²) in [5.74, 6) is 0.0193. The van der Waals surface area contributed by atoms with Crippen LogP contribution in [0.3, 0.4) is 0 Å². The summed E-state index contributed by atoms with van der Waals surface area (Å²) >= 11 is 0. The van der Waals surface area contributed by atoms with Crippen molar-refractivity contribution in [1.29, 1.82) is 0 Å². The highest BCUT2D eigenvalue weighted by Crippen LogP contribution is 2.35. The van der Waals surface area contributed by atoms with Crippen LogP contribution in [0.25, 0.3) is 44.5 Å². The van der Waals surface area contributed by atoms with E-state index in [2.05, 4.69) is 173 Å². The zero-order valence-electron chi connectivity index (χ0n) is 28.8. The quantitative estimate of drug-likeness (QED) is 0.141. The second kappa shape index (κ2) is 14.4. The number of hydrogen-bond donors (Lipinski definition) is 0. The summed E-state index contributed by atoms with van der Waals surface area (Å²) in [5.41, 5.74) is 13.1. The molecule has 0 saturated heterocycles. The Hall–Kier alpha value is -5.09. The summed E-state index contributed by atoms with van der Waals surface area (Å²) in [4.78, 5) is 18.0. The molecule has 0 fully saturated rings. The molecule has 0 bridgehead atoms. The van der Waals surface area contributed by atoms with Gasteiger partial charge in [0.2, 0.25) is 0 Å². The molecule has 0 spiro atoms. The standard InChI is InChI=1S/C45H44N2O/c1-31(46(3)4)33-15-19-35(20-16-33)41-11-7-9-13-43(41)37-23-27-39(28-24-37)45(48)40-29-25-38(26-30-40)44-14-10-8-12-42(44)36-21-17-34(18-22-36)32(2)47(5)6/h7-32H,1-6H3. The number of rotatable bonds is 10. The lowest BCUT2D eigenvalue weighted by Gasteiger charge is -2.20. The van der Waals surface area contributed by atoms with Gasteiger partial charge in [-0.2, -0.15) is 0 Å². The van der Waals surface area contributed by atoms with Gasteiger partial charge in [-0.05, 0) is 97.7 Å². The number of ketones is 1. The maximum atomic E-state index is 13.6. The third kappa shape index (κ3) is 6.94. The Morgan fingerprint density at radius 3 is 0.896 bits per heavy atom. The molecular formula is C45H44N2O. The van der Waals surface area contributed by atoms with Crippen molar-refractivity contribution in [2.75, 3.05) is 28.2 Å². The fraction of sp³-hybridized carbons (Fsp3) is 0.178. The van der Waals surface area contributed by atoms with Gasteiger partial charge < -0.3 is 9.80 Å². The smallest absolute Gasteiger partial charge is 0.193 e. The molecule has 0 heterocycles. The average Bonchev–Trinajstić information content (AvgIpc) is 3.14. The summed E-state index contributed by atoms with van der Waals surface area (Å²) in [6.07, 6.45) is 0. The molecule has 6 aromatic carbocycles. The summed E-state index contributed by atoms with van der Waals surface area (Å²) in [7, 11) is 8.41. The lowest BCUT2D eigenvalue weighted by Crippen LogP contribution is -2.16. The molecule has 0 aliphatic heterocycles. The van der Waals surface area contributed by atoms with E-state index in [0.29, 0.717) is 23.2 Å². The van der Waals surface area contributed by atoms with Crippen molar-refractivity contribution in [3.05, 3.63) is 168 Å². The molecule has 0 aliphatic carbocycles. The predicted molar refractivity (Wildman–Crippen MR) is 202 cm³/mol. The van der Waals surface area contributed by atoms with E-state index in [1.54, 1.807) is 0 Å². The molecule has 3 nitrogen and oxygen atoms in total. The van der Waals surface area contributed by atoms with Gasteiger partial charge >= 0.3 is 0 Å². The van der Waals surface area contributed by atoms with Crippen molar-refractivity contribution in [1.82, 2.24) is 9.80 Å². The zero-order chi connectivity index (χ0) is 33.8. The van der Waals surface area contributed by atoms with E-state index in [-0.39, 0.29) is 5.78 Å². The molecule has 0 saturated carbocycles. The molecule has 0 aromatic heterocycles. The third-order valence-corrected chi connectivity index (χ3v) is 9.73. The number of carbonyl (C=O) groups is 1. The Morgan fingerprint density at radius 1 is 0.396 bits per heavy atom.